The van der Waals surface area contributed by atoms with Gasteiger partial charge in [-0.25, -0.2) is 15.0 Å². The summed E-state index contributed by atoms with van der Waals surface area (Å²) in [5, 5.41) is 3.63. The maximum Gasteiger partial charge on any atom is 0.235 e. The first-order chi connectivity index (χ1) is 15.0. The molecule has 1 aliphatic rings. The number of hydrogen-bond donors (Lipinski definition) is 1. The van der Waals surface area contributed by atoms with E-state index in [0.717, 1.165) is 34.0 Å². The minimum absolute atomic E-state index is 0.153. The van der Waals surface area contributed by atoms with Crippen molar-refractivity contribution in [3.05, 3.63) is 77.6 Å². The number of fused-ring (bicyclic) bond motifs is 1. The highest BCUT2D eigenvalue weighted by molar-refractivity contribution is 7.99. The number of amidine groups is 1. The molecular weight excluding hydrogens is 406 g/mol. The first-order valence-corrected chi connectivity index (χ1v) is 11.0. The van der Waals surface area contributed by atoms with Crippen molar-refractivity contribution in [2.75, 3.05) is 5.75 Å². The second-order valence-corrected chi connectivity index (χ2v) is 8.30. The Hall–Kier alpha value is -3.32. The summed E-state index contributed by atoms with van der Waals surface area (Å²) in [6.07, 6.45) is 0. The van der Waals surface area contributed by atoms with Crippen LogP contribution in [0.15, 0.2) is 75.8 Å². The molecule has 0 saturated carbocycles. The van der Waals surface area contributed by atoms with Crippen LogP contribution in [0.25, 0.3) is 0 Å². The van der Waals surface area contributed by atoms with Crippen LogP contribution in [0.4, 0.5) is 11.4 Å². The number of nitrogens with one attached hydrogen (secondary N) is 1. The van der Waals surface area contributed by atoms with E-state index in [-0.39, 0.29) is 17.6 Å². The summed E-state index contributed by atoms with van der Waals surface area (Å²) in [4.78, 5) is 31.2. The number of carbonyl (C=O) groups is 1. The SMILES string of the molecule is CC1=Nc2ccccc2N=C(NC(=O)CSc2nc(C)cc(C)n2)C1c1ccccc1. The molecule has 3 aromatic rings. The quantitative estimate of drug-likeness (QED) is 0.471. The van der Waals surface area contributed by atoms with E-state index in [9.17, 15) is 4.79 Å². The molecule has 1 aliphatic heterocycles. The summed E-state index contributed by atoms with van der Waals surface area (Å²) >= 11 is 1.31. The van der Waals surface area contributed by atoms with Crippen molar-refractivity contribution in [1.29, 1.82) is 0 Å². The fraction of sp³-hybridized carbons (Fsp3) is 0.208. The number of benzene rings is 2. The summed E-state index contributed by atoms with van der Waals surface area (Å²) < 4.78 is 0. The van der Waals surface area contributed by atoms with Crippen molar-refractivity contribution in [1.82, 2.24) is 15.3 Å². The van der Waals surface area contributed by atoms with E-state index >= 15 is 0 Å². The Morgan fingerprint density at radius 2 is 1.52 bits per heavy atom. The second-order valence-electron chi connectivity index (χ2n) is 7.35. The summed E-state index contributed by atoms with van der Waals surface area (Å²) in [6.45, 7) is 5.81. The minimum atomic E-state index is -0.236. The van der Waals surface area contributed by atoms with Crippen LogP contribution in [0.3, 0.4) is 0 Å². The molecule has 0 spiro atoms. The van der Waals surface area contributed by atoms with Crippen LogP contribution in [0.5, 0.6) is 0 Å². The number of amides is 1. The molecule has 1 atom stereocenters. The maximum atomic E-state index is 12.9. The maximum absolute atomic E-state index is 12.9. The zero-order valence-electron chi connectivity index (χ0n) is 17.7. The molecule has 0 saturated heterocycles. The van der Waals surface area contributed by atoms with E-state index in [2.05, 4.69) is 15.3 Å². The van der Waals surface area contributed by atoms with Crippen LogP contribution in [-0.2, 0) is 4.79 Å². The molecule has 1 N–H and O–H groups in total. The molecule has 7 heteroatoms. The lowest BCUT2D eigenvalue weighted by molar-refractivity contribution is -0.117. The van der Waals surface area contributed by atoms with Crippen LogP contribution in [0.2, 0.25) is 0 Å². The molecule has 0 fully saturated rings. The van der Waals surface area contributed by atoms with Gasteiger partial charge in [-0.2, -0.15) is 0 Å². The zero-order chi connectivity index (χ0) is 21.8. The summed E-state index contributed by atoms with van der Waals surface area (Å²) in [7, 11) is 0. The summed E-state index contributed by atoms with van der Waals surface area (Å²) in [5.74, 6) is 0.380. The molecular formula is C24H23N5OS. The number of rotatable bonds is 4. The van der Waals surface area contributed by atoms with Gasteiger partial charge in [-0.15, -0.1) is 0 Å². The van der Waals surface area contributed by atoms with E-state index in [1.54, 1.807) is 0 Å². The third-order valence-corrected chi connectivity index (χ3v) is 5.65. The van der Waals surface area contributed by atoms with Crippen molar-refractivity contribution in [3.8, 4) is 0 Å². The summed E-state index contributed by atoms with van der Waals surface area (Å²) in [5.41, 5.74) is 5.21. The molecule has 0 radical (unpaired) electrons. The molecule has 1 aromatic heterocycles. The van der Waals surface area contributed by atoms with Crippen LogP contribution in [-0.4, -0.2) is 33.2 Å². The number of aryl methyl sites for hydroxylation is 2. The Labute approximate surface area is 186 Å². The minimum Gasteiger partial charge on any atom is -0.313 e. The van der Waals surface area contributed by atoms with Gasteiger partial charge < -0.3 is 5.32 Å². The normalized spacial score (nSPS) is 15.4. The largest absolute Gasteiger partial charge is 0.313 e. The Bertz CT molecular complexity index is 1150. The molecule has 0 aliphatic carbocycles. The highest BCUT2D eigenvalue weighted by atomic mass is 32.2. The third kappa shape index (κ3) is 5.06. The van der Waals surface area contributed by atoms with Gasteiger partial charge in [0, 0.05) is 17.1 Å². The van der Waals surface area contributed by atoms with E-state index in [1.807, 2.05) is 81.4 Å². The number of nitrogens with zero attached hydrogens (tertiary/aromatic N) is 4. The van der Waals surface area contributed by atoms with E-state index in [0.29, 0.717) is 11.0 Å². The molecule has 31 heavy (non-hydrogen) atoms. The van der Waals surface area contributed by atoms with E-state index < -0.39 is 0 Å². The van der Waals surface area contributed by atoms with Gasteiger partial charge in [0.15, 0.2) is 5.16 Å². The first-order valence-electron chi connectivity index (χ1n) is 10.0. The number of aromatic nitrogens is 2. The Kier molecular flexibility index (Phi) is 6.23. The zero-order valence-corrected chi connectivity index (χ0v) is 18.5. The third-order valence-electron chi connectivity index (χ3n) is 4.81. The topological polar surface area (TPSA) is 79.6 Å². The first kappa shape index (κ1) is 20.9. The predicted molar refractivity (Wildman–Crippen MR) is 126 cm³/mol. The Balaban J connectivity index is 1.61. The van der Waals surface area contributed by atoms with E-state index in [4.69, 9.17) is 9.98 Å². The van der Waals surface area contributed by atoms with Gasteiger partial charge in [-0.1, -0.05) is 54.2 Å². The summed E-state index contributed by atoms with van der Waals surface area (Å²) in [6, 6.07) is 19.6. The van der Waals surface area contributed by atoms with Crippen LogP contribution in [0.1, 0.15) is 29.8 Å². The Morgan fingerprint density at radius 3 is 2.19 bits per heavy atom. The van der Waals surface area contributed by atoms with Gasteiger partial charge in [0.25, 0.3) is 0 Å². The number of thioether (sulfide) groups is 1. The molecule has 2 heterocycles. The molecule has 0 bridgehead atoms. The number of carbonyl (C=O) groups excluding carboxylic acids is 1. The molecule has 4 rings (SSSR count). The average molecular weight is 430 g/mol. The van der Waals surface area contributed by atoms with Crippen LogP contribution in [0, 0.1) is 13.8 Å². The molecule has 156 valence electrons. The standard InChI is InChI=1S/C24H23N5OS/c1-15-13-16(2)26-24(25-15)31-14-21(30)29-23-22(18-9-5-4-6-10-18)17(3)27-19-11-7-8-12-20(19)28-23/h4-13,22H,14H2,1-3H3,(H,28,29,30). The second kappa shape index (κ2) is 9.22. The lowest BCUT2D eigenvalue weighted by Crippen LogP contribution is -2.38. The van der Waals surface area contributed by atoms with Crippen molar-refractivity contribution in [3.63, 3.8) is 0 Å². The average Bonchev–Trinajstić information content (AvgIpc) is 2.87. The molecule has 1 amide bonds. The molecule has 1 unspecified atom stereocenters. The number of aliphatic imine (C=N–C) groups is 2. The van der Waals surface area contributed by atoms with Crippen molar-refractivity contribution >= 4 is 40.6 Å². The van der Waals surface area contributed by atoms with Gasteiger partial charge in [0.2, 0.25) is 5.91 Å². The van der Waals surface area contributed by atoms with Gasteiger partial charge >= 0.3 is 0 Å². The fourth-order valence-electron chi connectivity index (χ4n) is 3.51. The smallest absolute Gasteiger partial charge is 0.235 e. The van der Waals surface area contributed by atoms with Gasteiger partial charge in [-0.3, -0.25) is 9.79 Å². The van der Waals surface area contributed by atoms with Crippen LogP contribution >= 0.6 is 11.8 Å². The fourth-order valence-corrected chi connectivity index (χ4v) is 4.26. The Morgan fingerprint density at radius 1 is 0.903 bits per heavy atom. The van der Waals surface area contributed by atoms with Crippen molar-refractivity contribution in [2.24, 2.45) is 9.98 Å². The van der Waals surface area contributed by atoms with Gasteiger partial charge in [-0.05, 0) is 44.5 Å². The highest BCUT2D eigenvalue weighted by Gasteiger charge is 2.26. The van der Waals surface area contributed by atoms with Crippen LogP contribution < -0.4 is 5.32 Å². The lowest BCUT2D eigenvalue weighted by Gasteiger charge is -2.19. The lowest BCUT2D eigenvalue weighted by atomic mass is 9.93. The van der Waals surface area contributed by atoms with Gasteiger partial charge in [0.1, 0.15) is 5.84 Å². The van der Waals surface area contributed by atoms with E-state index in [1.165, 1.54) is 11.8 Å². The van der Waals surface area contributed by atoms with Crippen molar-refractivity contribution in [2.45, 2.75) is 31.8 Å². The number of hydrogen-bond acceptors (Lipinski definition) is 6. The monoisotopic (exact) mass is 429 g/mol. The molecule has 6 nitrogen and oxygen atoms in total. The molecule has 2 aromatic carbocycles. The predicted octanol–water partition coefficient (Wildman–Crippen LogP) is 4.92. The highest BCUT2D eigenvalue weighted by Crippen LogP contribution is 2.34. The van der Waals surface area contributed by atoms with Crippen molar-refractivity contribution < 1.29 is 4.79 Å². The van der Waals surface area contributed by atoms with Gasteiger partial charge in [0.05, 0.1) is 23.0 Å². The number of para-hydroxylation sites is 2.